The summed E-state index contributed by atoms with van der Waals surface area (Å²) < 4.78 is 4.87. The summed E-state index contributed by atoms with van der Waals surface area (Å²) in [6, 6.07) is 7.39. The van der Waals surface area contributed by atoms with E-state index in [2.05, 4.69) is 5.16 Å². The number of rotatable bonds is 1. The molecule has 3 nitrogen and oxygen atoms in total. The first-order chi connectivity index (χ1) is 6.68. The van der Waals surface area contributed by atoms with E-state index in [0.29, 0.717) is 10.9 Å². The van der Waals surface area contributed by atoms with E-state index in [4.69, 9.17) is 21.9 Å². The van der Waals surface area contributed by atoms with Crippen LogP contribution >= 0.6 is 11.6 Å². The van der Waals surface area contributed by atoms with Gasteiger partial charge in [0.2, 0.25) is 5.88 Å². The second-order valence-electron chi connectivity index (χ2n) is 3.01. The van der Waals surface area contributed by atoms with Crippen molar-refractivity contribution in [3.8, 4) is 11.1 Å². The molecule has 0 unspecified atom stereocenters. The number of anilines is 1. The van der Waals surface area contributed by atoms with Gasteiger partial charge in [-0.1, -0.05) is 28.9 Å². The predicted molar refractivity (Wildman–Crippen MR) is 56.1 cm³/mol. The van der Waals surface area contributed by atoms with Crippen LogP contribution in [0.3, 0.4) is 0 Å². The molecule has 0 saturated carbocycles. The van der Waals surface area contributed by atoms with Gasteiger partial charge in [-0.25, -0.2) is 0 Å². The lowest BCUT2D eigenvalue weighted by molar-refractivity contribution is 0.431. The van der Waals surface area contributed by atoms with Crippen LogP contribution in [0.5, 0.6) is 0 Å². The van der Waals surface area contributed by atoms with Gasteiger partial charge in [0, 0.05) is 5.02 Å². The molecule has 0 bridgehead atoms. The summed E-state index contributed by atoms with van der Waals surface area (Å²) in [7, 11) is 0. The highest BCUT2D eigenvalue weighted by Crippen LogP contribution is 2.29. The van der Waals surface area contributed by atoms with Crippen LogP contribution in [0.2, 0.25) is 5.02 Å². The summed E-state index contributed by atoms with van der Waals surface area (Å²) in [6.07, 6.45) is 0. The first kappa shape index (κ1) is 9.09. The zero-order valence-electron chi connectivity index (χ0n) is 7.62. The molecule has 1 heterocycles. The lowest BCUT2D eigenvalue weighted by atomic mass is 10.1. The molecule has 4 heteroatoms. The Morgan fingerprint density at radius 1 is 1.29 bits per heavy atom. The Kier molecular flexibility index (Phi) is 2.17. The van der Waals surface area contributed by atoms with Gasteiger partial charge in [0.15, 0.2) is 0 Å². The first-order valence-corrected chi connectivity index (χ1v) is 4.54. The third-order valence-corrected chi connectivity index (χ3v) is 2.27. The molecule has 0 aliphatic rings. The van der Waals surface area contributed by atoms with Crippen molar-refractivity contribution < 1.29 is 4.52 Å². The average Bonchev–Trinajstić information content (AvgIpc) is 2.49. The Bertz CT molecular complexity index is 428. The third kappa shape index (κ3) is 1.46. The molecule has 2 aromatic rings. The molecule has 0 saturated heterocycles. The fourth-order valence-electron chi connectivity index (χ4n) is 1.35. The number of nitrogens with two attached hydrogens (primary N) is 1. The van der Waals surface area contributed by atoms with E-state index >= 15 is 0 Å². The fourth-order valence-corrected chi connectivity index (χ4v) is 1.48. The van der Waals surface area contributed by atoms with E-state index in [0.717, 1.165) is 16.8 Å². The normalized spacial score (nSPS) is 10.4. The molecule has 1 aromatic carbocycles. The van der Waals surface area contributed by atoms with E-state index in [1.165, 1.54) is 0 Å². The van der Waals surface area contributed by atoms with Crippen LogP contribution in [0.4, 0.5) is 5.88 Å². The summed E-state index contributed by atoms with van der Waals surface area (Å²) >= 11 is 5.78. The standard InChI is InChI=1S/C10H9ClN2O/c1-6-9(10(12)14-13-6)7-2-4-8(11)5-3-7/h2-5H,12H2,1H3. The molecule has 0 aliphatic heterocycles. The maximum absolute atomic E-state index is 5.78. The number of hydrogen-bond acceptors (Lipinski definition) is 3. The molecule has 0 fully saturated rings. The lowest BCUT2D eigenvalue weighted by Crippen LogP contribution is -1.86. The average molecular weight is 209 g/mol. The quantitative estimate of drug-likeness (QED) is 0.784. The number of aryl methyl sites for hydroxylation is 1. The smallest absolute Gasteiger partial charge is 0.230 e. The summed E-state index contributed by atoms with van der Waals surface area (Å²) in [5.41, 5.74) is 8.23. The topological polar surface area (TPSA) is 52.0 Å². The molecule has 2 rings (SSSR count). The van der Waals surface area contributed by atoms with Gasteiger partial charge >= 0.3 is 0 Å². The molecular formula is C10H9ClN2O. The van der Waals surface area contributed by atoms with Crippen molar-refractivity contribution in [2.45, 2.75) is 6.92 Å². The number of nitrogens with zero attached hydrogens (tertiary/aromatic N) is 1. The number of benzene rings is 1. The van der Waals surface area contributed by atoms with E-state index < -0.39 is 0 Å². The maximum atomic E-state index is 5.78. The molecule has 1 aromatic heterocycles. The van der Waals surface area contributed by atoms with Crippen molar-refractivity contribution in [2.75, 3.05) is 5.73 Å². The number of halogens is 1. The molecule has 14 heavy (non-hydrogen) atoms. The molecule has 0 aliphatic carbocycles. The van der Waals surface area contributed by atoms with Gasteiger partial charge in [0.05, 0.1) is 11.3 Å². The van der Waals surface area contributed by atoms with Crippen LogP contribution in [0.25, 0.3) is 11.1 Å². The van der Waals surface area contributed by atoms with Crippen molar-refractivity contribution in [2.24, 2.45) is 0 Å². The van der Waals surface area contributed by atoms with Crippen LogP contribution in [0.1, 0.15) is 5.69 Å². The number of aromatic nitrogens is 1. The van der Waals surface area contributed by atoms with Crippen LogP contribution < -0.4 is 5.73 Å². The Labute approximate surface area is 86.5 Å². The largest absolute Gasteiger partial charge is 0.367 e. The van der Waals surface area contributed by atoms with E-state index in [9.17, 15) is 0 Å². The Balaban J connectivity index is 2.54. The van der Waals surface area contributed by atoms with Gasteiger partial charge in [0.25, 0.3) is 0 Å². The van der Waals surface area contributed by atoms with Crippen molar-refractivity contribution in [3.63, 3.8) is 0 Å². The Hall–Kier alpha value is -1.48. The van der Waals surface area contributed by atoms with Gasteiger partial charge in [-0.2, -0.15) is 0 Å². The van der Waals surface area contributed by atoms with E-state index in [-0.39, 0.29) is 0 Å². The minimum Gasteiger partial charge on any atom is -0.367 e. The van der Waals surface area contributed by atoms with Crippen molar-refractivity contribution in [1.82, 2.24) is 5.16 Å². The predicted octanol–water partition coefficient (Wildman–Crippen LogP) is 2.89. The highest BCUT2D eigenvalue weighted by molar-refractivity contribution is 6.30. The van der Waals surface area contributed by atoms with Crippen molar-refractivity contribution in [3.05, 3.63) is 35.0 Å². The SMILES string of the molecule is Cc1noc(N)c1-c1ccc(Cl)cc1. The van der Waals surface area contributed by atoms with Crippen LogP contribution in [-0.4, -0.2) is 5.16 Å². The molecule has 2 N–H and O–H groups in total. The molecule has 0 radical (unpaired) electrons. The van der Waals surface area contributed by atoms with Gasteiger partial charge < -0.3 is 10.3 Å². The number of hydrogen-bond donors (Lipinski definition) is 1. The van der Waals surface area contributed by atoms with Crippen molar-refractivity contribution >= 4 is 17.5 Å². The summed E-state index contributed by atoms with van der Waals surface area (Å²) in [4.78, 5) is 0. The minimum atomic E-state index is 0.338. The van der Waals surface area contributed by atoms with Crippen LogP contribution in [0.15, 0.2) is 28.8 Å². The Morgan fingerprint density at radius 2 is 1.93 bits per heavy atom. The molecular weight excluding hydrogens is 200 g/mol. The number of nitrogen functional groups attached to an aromatic ring is 1. The third-order valence-electron chi connectivity index (χ3n) is 2.02. The fraction of sp³-hybridized carbons (Fsp3) is 0.100. The van der Waals surface area contributed by atoms with Crippen LogP contribution in [-0.2, 0) is 0 Å². The molecule has 0 atom stereocenters. The second kappa shape index (κ2) is 3.35. The summed E-state index contributed by atoms with van der Waals surface area (Å²) in [5, 5.41) is 4.48. The first-order valence-electron chi connectivity index (χ1n) is 4.16. The summed E-state index contributed by atoms with van der Waals surface area (Å²) in [6.45, 7) is 1.85. The minimum absolute atomic E-state index is 0.338. The maximum Gasteiger partial charge on any atom is 0.230 e. The lowest BCUT2D eigenvalue weighted by Gasteiger charge is -1.99. The van der Waals surface area contributed by atoms with Gasteiger partial charge in [-0.05, 0) is 24.6 Å². The Morgan fingerprint density at radius 3 is 2.43 bits per heavy atom. The summed E-state index contributed by atoms with van der Waals surface area (Å²) in [5.74, 6) is 0.338. The van der Waals surface area contributed by atoms with Gasteiger partial charge in [-0.3, -0.25) is 0 Å². The van der Waals surface area contributed by atoms with Gasteiger partial charge in [-0.15, -0.1) is 0 Å². The van der Waals surface area contributed by atoms with E-state index in [1.807, 2.05) is 31.2 Å². The second-order valence-corrected chi connectivity index (χ2v) is 3.45. The van der Waals surface area contributed by atoms with Gasteiger partial charge in [0.1, 0.15) is 0 Å². The highest BCUT2D eigenvalue weighted by atomic mass is 35.5. The van der Waals surface area contributed by atoms with Crippen molar-refractivity contribution in [1.29, 1.82) is 0 Å². The molecule has 0 amide bonds. The highest BCUT2D eigenvalue weighted by Gasteiger charge is 2.11. The monoisotopic (exact) mass is 208 g/mol. The zero-order chi connectivity index (χ0) is 10.1. The molecule has 0 spiro atoms. The van der Waals surface area contributed by atoms with Crippen LogP contribution in [0, 0.1) is 6.92 Å². The molecule has 72 valence electrons. The zero-order valence-corrected chi connectivity index (χ0v) is 8.38. The van der Waals surface area contributed by atoms with E-state index in [1.54, 1.807) is 0 Å².